The van der Waals surface area contributed by atoms with Crippen molar-refractivity contribution in [2.75, 3.05) is 0 Å². The molecular weight excluding hydrogens is 242 g/mol. The Bertz CT molecular complexity index is 430. The summed E-state index contributed by atoms with van der Waals surface area (Å²) in [6.07, 6.45) is 0.284. The number of rotatable bonds is 5. The maximum Gasteiger partial charge on any atom is 0.328 e. The van der Waals surface area contributed by atoms with Gasteiger partial charge in [-0.3, -0.25) is 4.68 Å². The minimum Gasteiger partial charge on any atom is -0.480 e. The highest BCUT2D eigenvalue weighted by atomic mass is 16.4. The summed E-state index contributed by atoms with van der Waals surface area (Å²) in [6.45, 7) is 1.35. The summed E-state index contributed by atoms with van der Waals surface area (Å²) in [5.41, 5.74) is 0. The highest BCUT2D eigenvalue weighted by Crippen LogP contribution is 1.93. The number of aliphatic carboxylic acids is 1. The SMILES string of the molecule is C[C@@H](O)[C@H](NC(=O)NCc1ncn(C)n1)C(=O)O. The first kappa shape index (κ1) is 13.9. The van der Waals surface area contributed by atoms with Gasteiger partial charge in [0.1, 0.15) is 6.33 Å². The van der Waals surface area contributed by atoms with E-state index in [1.807, 2.05) is 0 Å². The zero-order valence-corrected chi connectivity index (χ0v) is 9.99. The third-order valence-corrected chi connectivity index (χ3v) is 2.09. The van der Waals surface area contributed by atoms with Gasteiger partial charge in [0.05, 0.1) is 12.6 Å². The molecule has 0 radical (unpaired) electrons. The topological polar surface area (TPSA) is 129 Å². The number of carboxylic acid groups (broad SMARTS) is 1. The maximum absolute atomic E-state index is 11.4. The molecule has 9 nitrogen and oxygen atoms in total. The first-order chi connectivity index (χ1) is 8.40. The minimum absolute atomic E-state index is 0.0683. The standard InChI is InChI=1S/C9H15N5O4/c1-5(15)7(8(16)17)12-9(18)10-3-6-11-4-14(2)13-6/h4-5,7,15H,3H2,1-2H3,(H,16,17)(H2,10,12,18)/t5-,7+/m1/s1. The van der Waals surface area contributed by atoms with Crippen LogP contribution in [0.4, 0.5) is 4.79 Å². The maximum atomic E-state index is 11.4. The van der Waals surface area contributed by atoms with Crippen molar-refractivity contribution in [3.63, 3.8) is 0 Å². The lowest BCUT2D eigenvalue weighted by Crippen LogP contribution is -2.51. The third kappa shape index (κ3) is 4.01. The molecule has 0 saturated carbocycles. The number of hydrogen-bond acceptors (Lipinski definition) is 5. The minimum atomic E-state index is -1.36. The Morgan fingerprint density at radius 3 is 2.67 bits per heavy atom. The molecule has 0 spiro atoms. The van der Waals surface area contributed by atoms with Crippen molar-refractivity contribution in [2.45, 2.75) is 25.6 Å². The van der Waals surface area contributed by atoms with E-state index in [2.05, 4.69) is 20.7 Å². The van der Waals surface area contributed by atoms with Crippen molar-refractivity contribution in [3.05, 3.63) is 12.2 Å². The summed E-state index contributed by atoms with van der Waals surface area (Å²) < 4.78 is 1.48. The lowest BCUT2D eigenvalue weighted by atomic mass is 10.2. The Labute approximate surface area is 103 Å². The Morgan fingerprint density at radius 2 is 2.22 bits per heavy atom. The predicted molar refractivity (Wildman–Crippen MR) is 59.5 cm³/mol. The van der Waals surface area contributed by atoms with Gasteiger partial charge < -0.3 is 20.8 Å². The van der Waals surface area contributed by atoms with Crippen molar-refractivity contribution < 1.29 is 19.8 Å². The number of hydrogen-bond donors (Lipinski definition) is 4. The largest absolute Gasteiger partial charge is 0.480 e. The molecule has 1 rings (SSSR count). The number of carbonyl (C=O) groups excluding carboxylic acids is 1. The first-order valence-electron chi connectivity index (χ1n) is 5.20. The fourth-order valence-electron chi connectivity index (χ4n) is 1.21. The van der Waals surface area contributed by atoms with Crippen LogP contribution in [0.2, 0.25) is 0 Å². The Morgan fingerprint density at radius 1 is 1.56 bits per heavy atom. The Kier molecular flexibility index (Phi) is 4.60. The normalized spacial score (nSPS) is 13.7. The molecule has 1 heterocycles. The predicted octanol–water partition coefficient (Wildman–Crippen LogP) is -1.55. The van der Waals surface area contributed by atoms with Crippen LogP contribution in [-0.2, 0) is 18.4 Å². The van der Waals surface area contributed by atoms with E-state index in [4.69, 9.17) is 10.2 Å². The van der Waals surface area contributed by atoms with Crippen molar-refractivity contribution >= 4 is 12.0 Å². The number of aromatic nitrogens is 3. The van der Waals surface area contributed by atoms with Gasteiger partial charge in [0, 0.05) is 7.05 Å². The van der Waals surface area contributed by atoms with Gasteiger partial charge in [-0.25, -0.2) is 14.6 Å². The van der Waals surface area contributed by atoms with Crippen LogP contribution < -0.4 is 10.6 Å². The highest BCUT2D eigenvalue weighted by molar-refractivity contribution is 5.82. The lowest BCUT2D eigenvalue weighted by molar-refractivity contribution is -0.141. The van der Waals surface area contributed by atoms with Gasteiger partial charge in [-0.05, 0) is 6.92 Å². The molecular formula is C9H15N5O4. The number of amides is 2. The molecule has 2 atom stereocenters. The molecule has 18 heavy (non-hydrogen) atoms. The second kappa shape index (κ2) is 5.96. The zero-order chi connectivity index (χ0) is 13.7. The third-order valence-electron chi connectivity index (χ3n) is 2.09. The van der Waals surface area contributed by atoms with Crippen LogP contribution in [0.1, 0.15) is 12.7 Å². The summed E-state index contributed by atoms with van der Waals surface area (Å²) in [5.74, 6) is -0.910. The second-order valence-electron chi connectivity index (χ2n) is 3.72. The summed E-state index contributed by atoms with van der Waals surface area (Å²) in [6, 6.07) is -2.07. The molecule has 2 amide bonds. The molecule has 0 fully saturated rings. The van der Waals surface area contributed by atoms with Gasteiger partial charge in [-0.15, -0.1) is 0 Å². The summed E-state index contributed by atoms with van der Waals surface area (Å²) in [5, 5.41) is 26.4. The first-order valence-corrected chi connectivity index (χ1v) is 5.20. The van der Waals surface area contributed by atoms with Crippen molar-refractivity contribution in [1.82, 2.24) is 25.4 Å². The average Bonchev–Trinajstić information content (AvgIpc) is 2.68. The van der Waals surface area contributed by atoms with Crippen LogP contribution in [0.5, 0.6) is 0 Å². The lowest BCUT2D eigenvalue weighted by Gasteiger charge is -2.16. The van der Waals surface area contributed by atoms with Gasteiger partial charge in [0.15, 0.2) is 11.9 Å². The monoisotopic (exact) mass is 257 g/mol. The fourth-order valence-corrected chi connectivity index (χ4v) is 1.21. The molecule has 0 aliphatic rings. The molecule has 0 aromatic carbocycles. The van der Waals surface area contributed by atoms with Crippen molar-refractivity contribution in [1.29, 1.82) is 0 Å². The van der Waals surface area contributed by atoms with Gasteiger partial charge in [0.25, 0.3) is 0 Å². The van der Waals surface area contributed by atoms with Crippen molar-refractivity contribution in [2.24, 2.45) is 7.05 Å². The van der Waals surface area contributed by atoms with E-state index in [0.29, 0.717) is 5.82 Å². The molecule has 1 aromatic heterocycles. The number of aliphatic hydroxyl groups excluding tert-OH is 1. The molecule has 0 bridgehead atoms. The summed E-state index contributed by atoms with van der Waals surface area (Å²) in [4.78, 5) is 26.0. The number of carboxylic acids is 1. The van der Waals surface area contributed by atoms with Crippen LogP contribution in [-0.4, -0.2) is 49.1 Å². The quantitative estimate of drug-likeness (QED) is 0.505. The molecule has 4 N–H and O–H groups in total. The second-order valence-corrected chi connectivity index (χ2v) is 3.72. The Balaban J connectivity index is 2.43. The number of urea groups is 1. The van der Waals surface area contributed by atoms with E-state index >= 15 is 0 Å². The fraction of sp³-hybridized carbons (Fsp3) is 0.556. The van der Waals surface area contributed by atoms with Crippen LogP contribution in [0, 0.1) is 0 Å². The van der Waals surface area contributed by atoms with Crippen LogP contribution in [0.25, 0.3) is 0 Å². The van der Waals surface area contributed by atoms with E-state index in [0.717, 1.165) is 0 Å². The van der Waals surface area contributed by atoms with E-state index in [1.54, 1.807) is 7.05 Å². The van der Waals surface area contributed by atoms with Gasteiger partial charge in [-0.1, -0.05) is 0 Å². The van der Waals surface area contributed by atoms with Crippen LogP contribution in [0.15, 0.2) is 6.33 Å². The zero-order valence-electron chi connectivity index (χ0n) is 9.99. The molecule has 1 aromatic rings. The van der Waals surface area contributed by atoms with Crippen LogP contribution in [0.3, 0.4) is 0 Å². The van der Waals surface area contributed by atoms with E-state index in [1.165, 1.54) is 17.9 Å². The van der Waals surface area contributed by atoms with Crippen molar-refractivity contribution in [3.8, 4) is 0 Å². The van der Waals surface area contributed by atoms with E-state index in [-0.39, 0.29) is 6.54 Å². The van der Waals surface area contributed by atoms with Gasteiger partial charge >= 0.3 is 12.0 Å². The number of carbonyl (C=O) groups is 2. The van der Waals surface area contributed by atoms with Crippen LogP contribution >= 0.6 is 0 Å². The molecule has 9 heteroatoms. The molecule has 0 saturated heterocycles. The molecule has 0 unspecified atom stereocenters. The van der Waals surface area contributed by atoms with Gasteiger partial charge in [-0.2, -0.15) is 5.10 Å². The highest BCUT2D eigenvalue weighted by Gasteiger charge is 2.24. The van der Waals surface area contributed by atoms with Gasteiger partial charge in [0.2, 0.25) is 0 Å². The smallest absolute Gasteiger partial charge is 0.328 e. The summed E-state index contributed by atoms with van der Waals surface area (Å²) >= 11 is 0. The average molecular weight is 257 g/mol. The number of nitrogens with zero attached hydrogens (tertiary/aromatic N) is 3. The van der Waals surface area contributed by atoms with E-state index in [9.17, 15) is 9.59 Å². The number of aryl methyl sites for hydroxylation is 1. The van der Waals surface area contributed by atoms with E-state index < -0.39 is 24.1 Å². The molecule has 0 aliphatic heterocycles. The Hall–Kier alpha value is -2.16. The summed E-state index contributed by atoms with van der Waals surface area (Å²) in [7, 11) is 1.68. The number of nitrogens with one attached hydrogen (secondary N) is 2. The number of aliphatic hydroxyl groups is 1. The molecule has 100 valence electrons. The molecule has 0 aliphatic carbocycles.